The van der Waals surface area contributed by atoms with Gasteiger partial charge in [0.05, 0.1) is 5.25 Å². The van der Waals surface area contributed by atoms with Crippen LogP contribution in [0.2, 0.25) is 0 Å². The highest BCUT2D eigenvalue weighted by molar-refractivity contribution is 7.97. The molecule has 5 heteroatoms. The Balaban J connectivity index is 2.53. The van der Waals surface area contributed by atoms with E-state index in [0.717, 1.165) is 13.1 Å². The molecule has 3 nitrogen and oxygen atoms in total. The van der Waals surface area contributed by atoms with E-state index in [9.17, 15) is 0 Å². The average molecular weight is 230 g/mol. The van der Waals surface area contributed by atoms with E-state index in [0.29, 0.717) is 5.25 Å². The molecule has 0 aromatic carbocycles. The Morgan fingerprint density at radius 2 is 2.43 bits per heavy atom. The average Bonchev–Trinajstić information content (AvgIpc) is 2.64. The Morgan fingerprint density at radius 3 is 2.93 bits per heavy atom. The first-order chi connectivity index (χ1) is 6.74. The van der Waals surface area contributed by atoms with Gasteiger partial charge in [0.25, 0.3) is 0 Å². The van der Waals surface area contributed by atoms with Crippen molar-refractivity contribution in [2.24, 2.45) is 0 Å². The molecular weight excluding hydrogens is 214 g/mol. The summed E-state index contributed by atoms with van der Waals surface area (Å²) in [6.45, 7) is 3.91. The van der Waals surface area contributed by atoms with Crippen LogP contribution in [-0.2, 0) is 0 Å². The van der Waals surface area contributed by atoms with E-state index < -0.39 is 0 Å². The van der Waals surface area contributed by atoms with E-state index in [1.807, 2.05) is 11.6 Å². The minimum Gasteiger partial charge on any atom is -0.308 e. The van der Waals surface area contributed by atoms with Crippen LogP contribution < -0.4 is 4.72 Å². The van der Waals surface area contributed by atoms with Gasteiger partial charge < -0.3 is 4.90 Å². The fourth-order valence-electron chi connectivity index (χ4n) is 1.05. The molecule has 1 rings (SSSR count). The van der Waals surface area contributed by atoms with E-state index in [1.54, 1.807) is 23.3 Å². The summed E-state index contributed by atoms with van der Waals surface area (Å²) in [7, 11) is 4.15. The number of likely N-dealkylation sites (N-methyl/N-ethyl adjacent to an activating group) is 1. The molecule has 0 bridgehead atoms. The lowest BCUT2D eigenvalue weighted by atomic mass is 10.4. The number of aromatic nitrogens is 1. The summed E-state index contributed by atoms with van der Waals surface area (Å²) >= 11 is 3.34. The van der Waals surface area contributed by atoms with E-state index in [2.05, 4.69) is 35.6 Å². The second-order valence-electron chi connectivity index (χ2n) is 3.17. The highest BCUT2D eigenvalue weighted by Gasteiger charge is 2.15. The van der Waals surface area contributed by atoms with Gasteiger partial charge in [-0.3, -0.25) is 0 Å². The van der Waals surface area contributed by atoms with Gasteiger partial charge in [-0.15, -0.1) is 11.3 Å². The van der Waals surface area contributed by atoms with Gasteiger partial charge in [-0.1, -0.05) is 11.9 Å². The van der Waals surface area contributed by atoms with Crippen LogP contribution in [0.25, 0.3) is 0 Å². The Kier molecular flexibility index (Phi) is 5.47. The predicted molar refractivity (Wildman–Crippen MR) is 63.7 cm³/mol. The monoisotopic (exact) mass is 230 g/mol. The van der Waals surface area contributed by atoms with Crippen molar-refractivity contribution in [3.05, 3.63) is 16.6 Å². The van der Waals surface area contributed by atoms with Crippen molar-refractivity contribution in [1.29, 1.82) is 0 Å². The highest BCUT2D eigenvalue weighted by Crippen LogP contribution is 2.28. The van der Waals surface area contributed by atoms with Gasteiger partial charge in [-0.05, 0) is 21.0 Å². The zero-order valence-corrected chi connectivity index (χ0v) is 10.4. The second-order valence-corrected chi connectivity index (χ2v) is 5.14. The minimum atomic E-state index is 0.380. The van der Waals surface area contributed by atoms with Crippen LogP contribution in [0, 0.1) is 0 Å². The summed E-state index contributed by atoms with van der Waals surface area (Å²) in [4.78, 5) is 6.50. The molecule has 0 saturated heterocycles. The zero-order chi connectivity index (χ0) is 10.4. The molecule has 0 amide bonds. The molecule has 1 aromatic rings. The molecule has 0 aliphatic carbocycles. The smallest absolute Gasteiger partial charge is 0.108 e. The third kappa shape index (κ3) is 3.96. The molecule has 14 heavy (non-hydrogen) atoms. The Hall–Kier alpha value is -0.100. The molecule has 1 atom stereocenters. The highest BCUT2D eigenvalue weighted by atomic mass is 32.2. The third-order valence-corrected chi connectivity index (χ3v) is 3.66. The number of hydrogen-bond acceptors (Lipinski definition) is 4. The lowest BCUT2D eigenvalue weighted by Crippen LogP contribution is -2.19. The summed E-state index contributed by atoms with van der Waals surface area (Å²) in [6, 6.07) is 0. The Bertz CT molecular complexity index is 236. The van der Waals surface area contributed by atoms with E-state index in [-0.39, 0.29) is 0 Å². The maximum Gasteiger partial charge on any atom is 0.108 e. The normalized spacial score (nSPS) is 13.4. The zero-order valence-electron chi connectivity index (χ0n) is 8.80. The second kappa shape index (κ2) is 6.40. The summed E-state index contributed by atoms with van der Waals surface area (Å²) in [6.07, 6.45) is 1.86. The largest absolute Gasteiger partial charge is 0.308 e. The molecule has 0 aliphatic heterocycles. The summed E-state index contributed by atoms with van der Waals surface area (Å²) in [5.74, 6) is 0. The van der Waals surface area contributed by atoms with E-state index >= 15 is 0 Å². The first-order valence-corrected chi connectivity index (χ1v) is 6.32. The topological polar surface area (TPSA) is 30.2 Å². The molecule has 1 unspecified atom stereocenters. The van der Waals surface area contributed by atoms with Crippen molar-refractivity contribution in [2.75, 3.05) is 27.2 Å². The van der Waals surface area contributed by atoms with Gasteiger partial charge in [-0.25, -0.2) is 4.98 Å². The number of rotatable bonds is 6. The molecule has 1 aromatic heterocycles. The Labute approximate surface area is 94.0 Å². The molecular formula is C9H16N3S2. The molecule has 0 fully saturated rings. The molecule has 79 valence electrons. The van der Waals surface area contributed by atoms with Crippen molar-refractivity contribution < 1.29 is 0 Å². The van der Waals surface area contributed by atoms with Crippen molar-refractivity contribution >= 4 is 23.3 Å². The third-order valence-electron chi connectivity index (χ3n) is 1.59. The van der Waals surface area contributed by atoms with Crippen LogP contribution >= 0.6 is 23.3 Å². The molecule has 1 heterocycles. The maximum atomic E-state index is 4.34. The first-order valence-electron chi connectivity index (χ1n) is 4.60. The van der Waals surface area contributed by atoms with Crippen LogP contribution in [0.15, 0.2) is 11.6 Å². The minimum absolute atomic E-state index is 0.380. The van der Waals surface area contributed by atoms with Crippen LogP contribution in [0.5, 0.6) is 0 Å². The quantitative estimate of drug-likeness (QED) is 0.700. The molecule has 0 N–H and O–H groups in total. The molecule has 1 radical (unpaired) electrons. The molecule has 0 spiro atoms. The lowest BCUT2D eigenvalue weighted by molar-refractivity contribution is 0.409. The Morgan fingerprint density at radius 1 is 1.64 bits per heavy atom. The van der Waals surface area contributed by atoms with E-state index in [4.69, 9.17) is 0 Å². The van der Waals surface area contributed by atoms with Gasteiger partial charge in [0.2, 0.25) is 0 Å². The fourth-order valence-corrected chi connectivity index (χ4v) is 2.80. The van der Waals surface area contributed by atoms with Gasteiger partial charge >= 0.3 is 0 Å². The summed E-state index contributed by atoms with van der Waals surface area (Å²) in [5, 5.41) is 3.57. The molecule has 0 aliphatic rings. The van der Waals surface area contributed by atoms with Crippen molar-refractivity contribution in [3.63, 3.8) is 0 Å². The number of nitrogens with zero attached hydrogens (tertiary/aromatic N) is 3. The van der Waals surface area contributed by atoms with Gasteiger partial charge in [-0.2, -0.15) is 4.72 Å². The molecule has 0 saturated carbocycles. The van der Waals surface area contributed by atoms with Gasteiger partial charge in [0.1, 0.15) is 5.01 Å². The van der Waals surface area contributed by atoms with Crippen LogP contribution in [0.3, 0.4) is 0 Å². The summed E-state index contributed by atoms with van der Waals surface area (Å²) < 4.78 is 4.34. The van der Waals surface area contributed by atoms with Crippen molar-refractivity contribution in [3.8, 4) is 0 Å². The van der Waals surface area contributed by atoms with Crippen LogP contribution in [-0.4, -0.2) is 37.1 Å². The van der Waals surface area contributed by atoms with Gasteiger partial charge in [0, 0.05) is 24.7 Å². The fraction of sp³-hybridized carbons (Fsp3) is 0.667. The lowest BCUT2D eigenvalue weighted by Gasteiger charge is -2.17. The van der Waals surface area contributed by atoms with Crippen molar-refractivity contribution in [1.82, 2.24) is 14.6 Å². The SMILES string of the molecule is CC[N]SC(CN(C)C)c1nccs1. The van der Waals surface area contributed by atoms with E-state index in [1.165, 1.54) is 5.01 Å². The number of thiazole rings is 1. The maximum absolute atomic E-state index is 4.34. The number of hydrogen-bond donors (Lipinski definition) is 0. The first kappa shape index (κ1) is 12.0. The van der Waals surface area contributed by atoms with Gasteiger partial charge in [0.15, 0.2) is 0 Å². The standard InChI is InChI=1S/C9H16N3S2/c1-4-11-14-8(7-12(2)3)9-10-5-6-13-9/h5-6,8H,4,7H2,1-3H3. The summed E-state index contributed by atoms with van der Waals surface area (Å²) in [5.41, 5.74) is 0. The van der Waals surface area contributed by atoms with Crippen molar-refractivity contribution in [2.45, 2.75) is 12.2 Å². The van der Waals surface area contributed by atoms with Crippen LogP contribution in [0.4, 0.5) is 0 Å². The predicted octanol–water partition coefficient (Wildman–Crippen LogP) is 2.02. The van der Waals surface area contributed by atoms with Crippen LogP contribution in [0.1, 0.15) is 17.2 Å².